The molecule has 0 atom stereocenters. The number of aliphatic carboxylic acids is 1. The van der Waals surface area contributed by atoms with Crippen molar-refractivity contribution in [3.8, 4) is 11.5 Å². The number of hydrogen-bond acceptors (Lipinski definition) is 3. The zero-order valence-electron chi connectivity index (χ0n) is 9.51. The Hall–Kier alpha value is -2.23. The van der Waals surface area contributed by atoms with E-state index in [9.17, 15) is 9.90 Å². The normalized spacial score (nSPS) is 10.4. The lowest BCUT2D eigenvalue weighted by atomic mass is 10.1. The summed E-state index contributed by atoms with van der Waals surface area (Å²) in [5, 5.41) is 18.4. The van der Waals surface area contributed by atoms with E-state index in [1.807, 2.05) is 0 Å². The molecule has 0 aliphatic heterocycles. The van der Waals surface area contributed by atoms with Crippen LogP contribution < -0.4 is 4.74 Å². The number of phenolic OH excluding ortho intramolecular Hbond substituents is 1. The Morgan fingerprint density at radius 2 is 2.24 bits per heavy atom. The van der Waals surface area contributed by atoms with Gasteiger partial charge in [0.1, 0.15) is 0 Å². The quantitative estimate of drug-likeness (QED) is 0.605. The summed E-state index contributed by atoms with van der Waals surface area (Å²) in [6.07, 6.45) is 4.61. The third-order valence-corrected chi connectivity index (χ3v) is 2.18. The van der Waals surface area contributed by atoms with Crippen LogP contribution in [0.1, 0.15) is 11.1 Å². The first-order chi connectivity index (χ1) is 8.08. The summed E-state index contributed by atoms with van der Waals surface area (Å²) in [5.41, 5.74) is 1.29. The van der Waals surface area contributed by atoms with Crippen LogP contribution in [-0.4, -0.2) is 23.3 Å². The van der Waals surface area contributed by atoms with Gasteiger partial charge in [-0.3, -0.25) is 0 Å². The molecule has 0 radical (unpaired) electrons. The van der Waals surface area contributed by atoms with Gasteiger partial charge >= 0.3 is 5.97 Å². The van der Waals surface area contributed by atoms with Crippen molar-refractivity contribution in [2.75, 3.05) is 7.11 Å². The van der Waals surface area contributed by atoms with Crippen LogP contribution in [0.4, 0.5) is 0 Å². The van der Waals surface area contributed by atoms with Gasteiger partial charge in [0.05, 0.1) is 7.11 Å². The summed E-state index contributed by atoms with van der Waals surface area (Å²) in [5.74, 6) is -0.656. The third-order valence-electron chi connectivity index (χ3n) is 2.18. The Kier molecular flexibility index (Phi) is 4.34. The number of phenols is 1. The van der Waals surface area contributed by atoms with Crippen molar-refractivity contribution in [3.05, 3.63) is 42.0 Å². The number of carbonyl (C=O) groups is 1. The number of allylic oxidation sites excluding steroid dienone is 1. The van der Waals surface area contributed by atoms with Gasteiger partial charge in [-0.25, -0.2) is 4.79 Å². The predicted molar refractivity (Wildman–Crippen MR) is 65.2 cm³/mol. The summed E-state index contributed by atoms with van der Waals surface area (Å²) >= 11 is 0. The van der Waals surface area contributed by atoms with Gasteiger partial charge in [0.2, 0.25) is 0 Å². The number of hydrogen-bond donors (Lipinski definition) is 2. The topological polar surface area (TPSA) is 66.8 Å². The van der Waals surface area contributed by atoms with E-state index in [1.165, 1.54) is 13.2 Å². The summed E-state index contributed by atoms with van der Waals surface area (Å²) in [7, 11) is 1.44. The average molecular weight is 234 g/mol. The number of ether oxygens (including phenoxy) is 1. The van der Waals surface area contributed by atoms with Gasteiger partial charge in [0.25, 0.3) is 0 Å². The maximum absolute atomic E-state index is 10.4. The number of aromatic hydroxyl groups is 1. The average Bonchev–Trinajstić information content (AvgIpc) is 2.30. The van der Waals surface area contributed by atoms with Crippen LogP contribution in [-0.2, 0) is 11.2 Å². The van der Waals surface area contributed by atoms with Crippen molar-refractivity contribution in [1.82, 2.24) is 0 Å². The van der Waals surface area contributed by atoms with Crippen LogP contribution in [0.25, 0.3) is 6.08 Å². The lowest BCUT2D eigenvalue weighted by Gasteiger charge is -2.09. The fourth-order valence-electron chi connectivity index (χ4n) is 1.42. The molecule has 0 heterocycles. The minimum atomic E-state index is -1.03. The Labute approximate surface area is 99.5 Å². The highest BCUT2D eigenvalue weighted by Gasteiger charge is 2.08. The summed E-state index contributed by atoms with van der Waals surface area (Å²) in [4.78, 5) is 10.4. The van der Waals surface area contributed by atoms with Gasteiger partial charge in [-0.15, -0.1) is 6.58 Å². The Balaban J connectivity index is 3.19. The largest absolute Gasteiger partial charge is 0.504 e. The molecule has 1 aromatic carbocycles. The number of carboxylic acid groups (broad SMARTS) is 1. The lowest BCUT2D eigenvalue weighted by Crippen LogP contribution is -1.91. The van der Waals surface area contributed by atoms with Crippen molar-refractivity contribution in [2.45, 2.75) is 6.42 Å². The predicted octanol–water partition coefficient (Wildman–Crippen LogP) is 2.23. The van der Waals surface area contributed by atoms with E-state index in [-0.39, 0.29) is 5.75 Å². The maximum Gasteiger partial charge on any atom is 0.328 e. The van der Waals surface area contributed by atoms with Crippen LogP contribution in [0.2, 0.25) is 0 Å². The van der Waals surface area contributed by atoms with Crippen molar-refractivity contribution in [2.24, 2.45) is 0 Å². The molecule has 90 valence electrons. The lowest BCUT2D eigenvalue weighted by molar-refractivity contribution is -0.131. The molecule has 0 aromatic heterocycles. The van der Waals surface area contributed by atoms with Gasteiger partial charge in [-0.1, -0.05) is 6.08 Å². The van der Waals surface area contributed by atoms with Gasteiger partial charge in [0, 0.05) is 11.6 Å². The molecule has 0 saturated heterocycles. The number of benzene rings is 1. The van der Waals surface area contributed by atoms with E-state index in [1.54, 1.807) is 18.2 Å². The third kappa shape index (κ3) is 3.38. The molecule has 1 rings (SSSR count). The molecular weight excluding hydrogens is 220 g/mol. The second-order valence-electron chi connectivity index (χ2n) is 3.40. The smallest absolute Gasteiger partial charge is 0.328 e. The Morgan fingerprint density at radius 1 is 1.53 bits per heavy atom. The van der Waals surface area contributed by atoms with Gasteiger partial charge in [-0.2, -0.15) is 0 Å². The Morgan fingerprint density at radius 3 is 2.76 bits per heavy atom. The fourth-order valence-corrected chi connectivity index (χ4v) is 1.42. The van der Waals surface area contributed by atoms with E-state index >= 15 is 0 Å². The Bertz CT molecular complexity index is 461. The van der Waals surface area contributed by atoms with Gasteiger partial charge in [0.15, 0.2) is 11.5 Å². The second kappa shape index (κ2) is 5.75. The molecule has 1 aromatic rings. The first-order valence-electron chi connectivity index (χ1n) is 5.00. The number of carboxylic acids is 1. The SMILES string of the molecule is C=CCc1cc(C=CC(=O)O)cc(OC)c1O. The fraction of sp³-hybridized carbons (Fsp3) is 0.154. The summed E-state index contributed by atoms with van der Waals surface area (Å²) in [6, 6.07) is 3.26. The molecular formula is C13H14O4. The van der Waals surface area contributed by atoms with Gasteiger partial charge in [-0.05, 0) is 30.2 Å². The van der Waals surface area contributed by atoms with Crippen molar-refractivity contribution < 1.29 is 19.7 Å². The molecule has 0 aliphatic rings. The van der Waals surface area contributed by atoms with E-state index in [0.29, 0.717) is 23.3 Å². The van der Waals surface area contributed by atoms with E-state index in [2.05, 4.69) is 6.58 Å². The molecule has 0 unspecified atom stereocenters. The van der Waals surface area contributed by atoms with Crippen LogP contribution in [0.5, 0.6) is 11.5 Å². The summed E-state index contributed by atoms with van der Waals surface area (Å²) in [6.45, 7) is 3.59. The molecule has 0 saturated carbocycles. The van der Waals surface area contributed by atoms with Gasteiger partial charge < -0.3 is 14.9 Å². The molecule has 17 heavy (non-hydrogen) atoms. The van der Waals surface area contributed by atoms with Crippen molar-refractivity contribution in [1.29, 1.82) is 0 Å². The molecule has 2 N–H and O–H groups in total. The molecule has 0 spiro atoms. The monoisotopic (exact) mass is 234 g/mol. The highest BCUT2D eigenvalue weighted by molar-refractivity contribution is 5.85. The van der Waals surface area contributed by atoms with Crippen molar-refractivity contribution in [3.63, 3.8) is 0 Å². The van der Waals surface area contributed by atoms with Crippen LogP contribution in [0, 0.1) is 0 Å². The molecule has 0 aliphatic carbocycles. The van der Waals surface area contributed by atoms with Crippen LogP contribution in [0.15, 0.2) is 30.9 Å². The van der Waals surface area contributed by atoms with Crippen LogP contribution in [0.3, 0.4) is 0 Å². The number of methoxy groups -OCH3 is 1. The first kappa shape index (κ1) is 12.8. The van der Waals surface area contributed by atoms with E-state index < -0.39 is 5.97 Å². The minimum absolute atomic E-state index is 0.0554. The molecule has 0 fully saturated rings. The zero-order valence-corrected chi connectivity index (χ0v) is 9.51. The summed E-state index contributed by atoms with van der Waals surface area (Å²) < 4.78 is 5.01. The number of rotatable bonds is 5. The highest BCUT2D eigenvalue weighted by Crippen LogP contribution is 2.32. The first-order valence-corrected chi connectivity index (χ1v) is 5.00. The molecule has 4 heteroatoms. The maximum atomic E-state index is 10.4. The molecule has 4 nitrogen and oxygen atoms in total. The highest BCUT2D eigenvalue weighted by atomic mass is 16.5. The van der Waals surface area contributed by atoms with E-state index in [4.69, 9.17) is 9.84 Å². The minimum Gasteiger partial charge on any atom is -0.504 e. The molecule has 0 bridgehead atoms. The van der Waals surface area contributed by atoms with Crippen molar-refractivity contribution >= 4 is 12.0 Å². The standard InChI is InChI=1S/C13H14O4/c1-3-4-10-7-9(5-6-12(14)15)8-11(17-2)13(10)16/h3,5-8,16H,1,4H2,2H3,(H,14,15). The molecule has 0 amide bonds. The van der Waals surface area contributed by atoms with E-state index in [0.717, 1.165) is 6.08 Å². The van der Waals surface area contributed by atoms with Crippen LogP contribution >= 0.6 is 0 Å². The second-order valence-corrected chi connectivity index (χ2v) is 3.40. The zero-order chi connectivity index (χ0) is 12.8.